The van der Waals surface area contributed by atoms with E-state index in [9.17, 15) is 0 Å². The van der Waals surface area contributed by atoms with Gasteiger partial charge in [-0.05, 0) is 36.6 Å². The first kappa shape index (κ1) is 22.0. The molecular formula is C24H33N3O3. The van der Waals surface area contributed by atoms with Gasteiger partial charge in [0.25, 0.3) is 0 Å². The normalized spacial score (nSPS) is 16.6. The molecule has 1 saturated heterocycles. The molecule has 1 N–H and O–H groups in total. The average Bonchev–Trinajstić information content (AvgIpc) is 3.25. The van der Waals surface area contributed by atoms with Crippen molar-refractivity contribution in [2.45, 2.75) is 26.5 Å². The zero-order valence-corrected chi connectivity index (χ0v) is 18.3. The van der Waals surface area contributed by atoms with Crippen molar-refractivity contribution < 1.29 is 14.2 Å². The van der Waals surface area contributed by atoms with E-state index in [4.69, 9.17) is 19.2 Å². The van der Waals surface area contributed by atoms with Crippen LogP contribution in [0.25, 0.3) is 0 Å². The predicted octanol–water partition coefficient (Wildman–Crippen LogP) is 3.71. The maximum absolute atomic E-state index is 5.96. The Bertz CT molecular complexity index is 811. The van der Waals surface area contributed by atoms with Gasteiger partial charge < -0.3 is 24.4 Å². The van der Waals surface area contributed by atoms with Crippen LogP contribution in [-0.2, 0) is 17.9 Å². The predicted molar refractivity (Wildman–Crippen MR) is 120 cm³/mol. The third-order valence-corrected chi connectivity index (χ3v) is 5.20. The lowest BCUT2D eigenvalue weighted by atomic mass is 10.1. The van der Waals surface area contributed by atoms with Crippen molar-refractivity contribution in [1.82, 2.24) is 10.2 Å². The molecule has 2 aromatic rings. The van der Waals surface area contributed by atoms with Gasteiger partial charge in [-0.15, -0.1) is 0 Å². The molecule has 1 fully saturated rings. The highest BCUT2D eigenvalue weighted by Gasteiger charge is 2.24. The number of nitrogens with zero attached hydrogens (tertiary/aromatic N) is 2. The highest BCUT2D eigenvalue weighted by molar-refractivity contribution is 5.80. The summed E-state index contributed by atoms with van der Waals surface area (Å²) in [5, 5.41) is 3.42. The summed E-state index contributed by atoms with van der Waals surface area (Å²) in [6.07, 6.45) is 1.14. The number of methoxy groups -OCH3 is 2. The number of aliphatic imine (C=N–C) groups is 1. The van der Waals surface area contributed by atoms with E-state index < -0.39 is 0 Å². The molecule has 0 amide bonds. The molecule has 0 aliphatic carbocycles. The summed E-state index contributed by atoms with van der Waals surface area (Å²) in [6.45, 7) is 6.84. The number of guanidine groups is 1. The summed E-state index contributed by atoms with van der Waals surface area (Å²) in [4.78, 5) is 7.17. The molecular weight excluding hydrogens is 378 g/mol. The molecule has 3 rings (SSSR count). The van der Waals surface area contributed by atoms with Gasteiger partial charge in [0, 0.05) is 32.7 Å². The molecule has 0 bridgehead atoms. The van der Waals surface area contributed by atoms with Crippen molar-refractivity contribution >= 4 is 5.96 Å². The first-order valence-corrected chi connectivity index (χ1v) is 10.6. The fraction of sp³-hybridized carbons (Fsp3) is 0.458. The van der Waals surface area contributed by atoms with E-state index in [0.717, 1.165) is 61.2 Å². The van der Waals surface area contributed by atoms with Crippen molar-refractivity contribution in [2.24, 2.45) is 10.9 Å². The van der Waals surface area contributed by atoms with Gasteiger partial charge >= 0.3 is 0 Å². The minimum Gasteiger partial charge on any atom is -0.493 e. The standard InChI is InChI=1S/C24H33N3O3/c1-4-25-24(27-13-12-21(16-27)17-28-2)26-15-20-10-11-22(23(14-20)29-3)30-18-19-8-6-5-7-9-19/h5-11,14,21H,4,12-13,15-18H2,1-3H3,(H,25,26). The van der Waals surface area contributed by atoms with E-state index in [1.807, 2.05) is 48.5 Å². The van der Waals surface area contributed by atoms with Gasteiger partial charge in [0.1, 0.15) is 6.61 Å². The number of ether oxygens (including phenoxy) is 3. The fourth-order valence-electron chi connectivity index (χ4n) is 3.65. The van der Waals surface area contributed by atoms with Crippen molar-refractivity contribution in [1.29, 1.82) is 0 Å². The Labute approximate surface area is 179 Å². The smallest absolute Gasteiger partial charge is 0.194 e. The molecule has 1 aliphatic heterocycles. The molecule has 1 aliphatic rings. The van der Waals surface area contributed by atoms with Gasteiger partial charge in [-0.3, -0.25) is 0 Å². The quantitative estimate of drug-likeness (QED) is 0.504. The second-order valence-corrected chi connectivity index (χ2v) is 7.49. The van der Waals surface area contributed by atoms with Gasteiger partial charge in [0.15, 0.2) is 17.5 Å². The molecule has 6 heteroatoms. The number of hydrogen-bond acceptors (Lipinski definition) is 4. The summed E-state index contributed by atoms with van der Waals surface area (Å²) in [7, 11) is 3.44. The van der Waals surface area contributed by atoms with Crippen LogP contribution in [-0.4, -0.2) is 51.3 Å². The molecule has 1 unspecified atom stereocenters. The van der Waals surface area contributed by atoms with E-state index in [1.165, 1.54) is 0 Å². The third-order valence-electron chi connectivity index (χ3n) is 5.20. The van der Waals surface area contributed by atoms with Crippen molar-refractivity contribution in [3.05, 3.63) is 59.7 Å². The molecule has 2 aromatic carbocycles. The van der Waals surface area contributed by atoms with E-state index in [2.05, 4.69) is 17.1 Å². The van der Waals surface area contributed by atoms with Crippen LogP contribution in [0.4, 0.5) is 0 Å². The van der Waals surface area contributed by atoms with Crippen LogP contribution in [0.1, 0.15) is 24.5 Å². The van der Waals surface area contributed by atoms with Crippen molar-refractivity contribution in [3.63, 3.8) is 0 Å². The lowest BCUT2D eigenvalue weighted by Gasteiger charge is -2.21. The third kappa shape index (κ3) is 6.13. The van der Waals surface area contributed by atoms with Crippen LogP contribution in [0.15, 0.2) is 53.5 Å². The van der Waals surface area contributed by atoms with E-state index in [0.29, 0.717) is 19.1 Å². The van der Waals surface area contributed by atoms with Gasteiger partial charge in [-0.2, -0.15) is 0 Å². The Hall–Kier alpha value is -2.73. The summed E-state index contributed by atoms with van der Waals surface area (Å²) < 4.78 is 16.8. The Morgan fingerprint density at radius 3 is 2.67 bits per heavy atom. The van der Waals surface area contributed by atoms with Gasteiger partial charge in [0.2, 0.25) is 0 Å². The second-order valence-electron chi connectivity index (χ2n) is 7.49. The van der Waals surface area contributed by atoms with Gasteiger partial charge in [0.05, 0.1) is 20.3 Å². The minimum atomic E-state index is 0.511. The lowest BCUT2D eigenvalue weighted by molar-refractivity contribution is 0.157. The Kier molecular flexibility index (Phi) is 8.39. The Morgan fingerprint density at radius 1 is 1.10 bits per heavy atom. The van der Waals surface area contributed by atoms with E-state index in [-0.39, 0.29) is 0 Å². The molecule has 0 radical (unpaired) electrons. The van der Waals surface area contributed by atoms with Crippen molar-refractivity contribution in [3.8, 4) is 11.5 Å². The number of likely N-dealkylation sites (tertiary alicyclic amines) is 1. The SMILES string of the molecule is CCNC(=NCc1ccc(OCc2ccccc2)c(OC)c1)N1CCC(COC)C1. The van der Waals surface area contributed by atoms with E-state index >= 15 is 0 Å². The summed E-state index contributed by atoms with van der Waals surface area (Å²) in [5.41, 5.74) is 2.21. The number of benzene rings is 2. The molecule has 1 heterocycles. The van der Waals surface area contributed by atoms with Crippen LogP contribution in [0.5, 0.6) is 11.5 Å². The summed E-state index contributed by atoms with van der Waals surface area (Å²) in [6, 6.07) is 16.1. The van der Waals surface area contributed by atoms with Crippen LogP contribution in [0, 0.1) is 5.92 Å². The van der Waals surface area contributed by atoms with E-state index in [1.54, 1.807) is 14.2 Å². The zero-order valence-electron chi connectivity index (χ0n) is 18.3. The highest BCUT2D eigenvalue weighted by Crippen LogP contribution is 2.29. The molecule has 30 heavy (non-hydrogen) atoms. The fourth-order valence-corrected chi connectivity index (χ4v) is 3.65. The molecule has 6 nitrogen and oxygen atoms in total. The van der Waals surface area contributed by atoms with Crippen LogP contribution < -0.4 is 14.8 Å². The first-order valence-electron chi connectivity index (χ1n) is 10.6. The summed E-state index contributed by atoms with van der Waals surface area (Å²) >= 11 is 0. The van der Waals surface area contributed by atoms with Crippen LogP contribution >= 0.6 is 0 Å². The number of nitrogens with one attached hydrogen (secondary N) is 1. The monoisotopic (exact) mass is 411 g/mol. The second kappa shape index (κ2) is 11.5. The molecule has 162 valence electrons. The van der Waals surface area contributed by atoms with Gasteiger partial charge in [-0.1, -0.05) is 36.4 Å². The largest absolute Gasteiger partial charge is 0.493 e. The minimum absolute atomic E-state index is 0.511. The maximum Gasteiger partial charge on any atom is 0.194 e. The maximum atomic E-state index is 5.96. The Morgan fingerprint density at radius 2 is 1.93 bits per heavy atom. The van der Waals surface area contributed by atoms with Crippen LogP contribution in [0.2, 0.25) is 0 Å². The van der Waals surface area contributed by atoms with Gasteiger partial charge in [-0.25, -0.2) is 4.99 Å². The van der Waals surface area contributed by atoms with Crippen molar-refractivity contribution in [2.75, 3.05) is 40.5 Å². The average molecular weight is 412 g/mol. The number of hydrogen-bond donors (Lipinski definition) is 1. The highest BCUT2D eigenvalue weighted by atomic mass is 16.5. The molecule has 1 atom stereocenters. The summed E-state index contributed by atoms with van der Waals surface area (Å²) in [5.74, 6) is 2.99. The molecule has 0 saturated carbocycles. The molecule has 0 aromatic heterocycles. The number of rotatable bonds is 9. The topological polar surface area (TPSA) is 55.3 Å². The zero-order chi connectivity index (χ0) is 21.2. The first-order chi connectivity index (χ1) is 14.7. The van der Waals surface area contributed by atoms with Crippen LogP contribution in [0.3, 0.4) is 0 Å². The lowest BCUT2D eigenvalue weighted by Crippen LogP contribution is -2.40. The Balaban J connectivity index is 1.64. The molecule has 0 spiro atoms.